The highest BCUT2D eigenvalue weighted by atomic mass is 19.3. The molecule has 23 heavy (non-hydrogen) atoms. The normalized spacial score (nSPS) is 30.8. The number of hydrogen-bond acceptors (Lipinski definition) is 3. The van der Waals surface area contributed by atoms with Gasteiger partial charge in [-0.15, -0.1) is 0 Å². The zero-order valence-corrected chi connectivity index (χ0v) is 14.7. The summed E-state index contributed by atoms with van der Waals surface area (Å²) in [4.78, 5) is 13.9. The molecule has 0 spiro atoms. The van der Waals surface area contributed by atoms with Gasteiger partial charge in [0.05, 0.1) is 0 Å². The van der Waals surface area contributed by atoms with Crippen LogP contribution in [-0.4, -0.2) is 41.1 Å². The molecule has 0 aromatic carbocycles. The fraction of sp³-hybridized carbons (Fsp3) is 0.941. The highest BCUT2D eigenvalue weighted by Crippen LogP contribution is 2.44. The van der Waals surface area contributed by atoms with Gasteiger partial charge in [-0.2, -0.15) is 0 Å². The molecular formula is C17H30F2N2O2. The zero-order valence-electron chi connectivity index (χ0n) is 14.7. The Kier molecular flexibility index (Phi) is 4.96. The van der Waals surface area contributed by atoms with E-state index in [-0.39, 0.29) is 30.8 Å². The second-order valence-corrected chi connectivity index (χ2v) is 8.39. The number of alkyl halides is 2. The van der Waals surface area contributed by atoms with Crippen LogP contribution in [0.15, 0.2) is 0 Å². The zero-order chi connectivity index (χ0) is 17.5. The Morgan fingerprint density at radius 3 is 2.26 bits per heavy atom. The number of carbonyl (C=O) groups is 1. The van der Waals surface area contributed by atoms with Crippen molar-refractivity contribution in [2.45, 2.75) is 76.9 Å². The highest BCUT2D eigenvalue weighted by molar-refractivity contribution is 5.68. The Labute approximate surface area is 137 Å². The molecule has 4 nitrogen and oxygen atoms in total. The molecule has 2 aliphatic rings. The van der Waals surface area contributed by atoms with E-state index in [4.69, 9.17) is 10.5 Å². The van der Waals surface area contributed by atoms with Gasteiger partial charge in [-0.25, -0.2) is 13.6 Å². The van der Waals surface area contributed by atoms with Gasteiger partial charge >= 0.3 is 6.09 Å². The van der Waals surface area contributed by atoms with Crippen molar-refractivity contribution >= 4 is 6.09 Å². The molecule has 0 aromatic heterocycles. The minimum absolute atomic E-state index is 0.123. The first-order valence-corrected chi connectivity index (χ1v) is 8.57. The van der Waals surface area contributed by atoms with E-state index in [1.54, 1.807) is 4.90 Å². The summed E-state index contributed by atoms with van der Waals surface area (Å²) in [6.45, 7) is 8.76. The third-order valence-corrected chi connectivity index (χ3v) is 5.21. The van der Waals surface area contributed by atoms with E-state index in [9.17, 15) is 13.6 Å². The average molecular weight is 332 g/mol. The van der Waals surface area contributed by atoms with Crippen LogP contribution >= 0.6 is 0 Å². The lowest BCUT2D eigenvalue weighted by Crippen LogP contribution is -2.58. The van der Waals surface area contributed by atoms with E-state index in [0.717, 1.165) is 6.42 Å². The summed E-state index contributed by atoms with van der Waals surface area (Å²) in [7, 11) is 0. The molecule has 2 atom stereocenters. The molecule has 1 aliphatic heterocycles. The van der Waals surface area contributed by atoms with Crippen LogP contribution in [0, 0.1) is 11.8 Å². The number of hydrogen-bond donors (Lipinski definition) is 1. The first kappa shape index (κ1) is 18.4. The van der Waals surface area contributed by atoms with E-state index in [2.05, 4.69) is 6.92 Å². The van der Waals surface area contributed by atoms with Crippen LogP contribution in [0.5, 0.6) is 0 Å². The number of ether oxygens (including phenoxy) is 1. The minimum atomic E-state index is -2.57. The lowest BCUT2D eigenvalue weighted by atomic mass is 9.66. The van der Waals surface area contributed by atoms with Crippen LogP contribution < -0.4 is 5.73 Å². The first-order chi connectivity index (χ1) is 10.4. The Morgan fingerprint density at radius 1 is 1.22 bits per heavy atom. The van der Waals surface area contributed by atoms with Crippen LogP contribution in [0.2, 0.25) is 0 Å². The SMILES string of the molecule is CC1CN(C(=O)OC(C)(C)C)CCC1C1(N)CCC(F)(F)CC1. The van der Waals surface area contributed by atoms with Gasteiger partial charge in [-0.1, -0.05) is 6.92 Å². The molecule has 2 unspecified atom stereocenters. The number of likely N-dealkylation sites (tertiary alicyclic amines) is 1. The Bertz CT molecular complexity index is 438. The maximum absolute atomic E-state index is 13.4. The lowest BCUT2D eigenvalue weighted by molar-refractivity contribution is -0.0688. The summed E-state index contributed by atoms with van der Waals surface area (Å²) in [5, 5.41) is 0. The van der Waals surface area contributed by atoms with Crippen molar-refractivity contribution in [3.63, 3.8) is 0 Å². The van der Waals surface area contributed by atoms with Crippen molar-refractivity contribution in [3.05, 3.63) is 0 Å². The van der Waals surface area contributed by atoms with Gasteiger partial charge in [0.15, 0.2) is 0 Å². The van der Waals surface area contributed by atoms with Crippen LogP contribution in [0.25, 0.3) is 0 Å². The van der Waals surface area contributed by atoms with Gasteiger partial charge in [0.2, 0.25) is 5.92 Å². The third kappa shape index (κ3) is 4.55. The van der Waals surface area contributed by atoms with Gasteiger partial charge < -0.3 is 15.4 Å². The van der Waals surface area contributed by atoms with Crippen molar-refractivity contribution in [1.29, 1.82) is 0 Å². The minimum Gasteiger partial charge on any atom is -0.444 e. The summed E-state index contributed by atoms with van der Waals surface area (Å²) in [5.41, 5.74) is 5.46. The second-order valence-electron chi connectivity index (χ2n) is 8.39. The van der Waals surface area contributed by atoms with E-state index in [1.807, 2.05) is 20.8 Å². The smallest absolute Gasteiger partial charge is 0.410 e. The summed E-state index contributed by atoms with van der Waals surface area (Å²) in [6, 6.07) is 0. The standard InChI is InChI=1S/C17H30F2N2O2/c1-12-11-21(14(22)23-15(2,3)4)10-5-13(12)16(20)6-8-17(18,19)9-7-16/h12-13H,5-11,20H2,1-4H3. The molecule has 1 amide bonds. The lowest BCUT2D eigenvalue weighted by Gasteiger charge is -2.49. The van der Waals surface area contributed by atoms with Crippen LogP contribution in [-0.2, 0) is 4.74 Å². The van der Waals surface area contributed by atoms with Crippen molar-refractivity contribution in [2.24, 2.45) is 17.6 Å². The molecule has 1 saturated heterocycles. The fourth-order valence-corrected chi connectivity index (χ4v) is 3.94. The van der Waals surface area contributed by atoms with Crippen molar-refractivity contribution in [3.8, 4) is 0 Å². The number of carbonyl (C=O) groups excluding carboxylic acids is 1. The summed E-state index contributed by atoms with van der Waals surface area (Å²) in [6.07, 6.45) is 0.931. The van der Waals surface area contributed by atoms with E-state index in [0.29, 0.717) is 25.9 Å². The molecule has 2 fully saturated rings. The largest absolute Gasteiger partial charge is 0.444 e. The van der Waals surface area contributed by atoms with Crippen LogP contribution in [0.1, 0.15) is 59.8 Å². The van der Waals surface area contributed by atoms with Crippen LogP contribution in [0.3, 0.4) is 0 Å². The third-order valence-electron chi connectivity index (χ3n) is 5.21. The first-order valence-electron chi connectivity index (χ1n) is 8.57. The van der Waals surface area contributed by atoms with Gasteiger partial charge in [0.1, 0.15) is 5.60 Å². The molecule has 0 radical (unpaired) electrons. The number of nitrogens with two attached hydrogens (primary N) is 1. The summed E-state index contributed by atoms with van der Waals surface area (Å²) in [5.74, 6) is -2.20. The maximum Gasteiger partial charge on any atom is 0.410 e. The van der Waals surface area contributed by atoms with Gasteiger partial charge in [-0.05, 0) is 51.9 Å². The molecule has 0 bridgehead atoms. The van der Waals surface area contributed by atoms with Crippen molar-refractivity contribution < 1.29 is 18.3 Å². The molecule has 1 heterocycles. The number of amides is 1. The fourth-order valence-electron chi connectivity index (χ4n) is 3.94. The van der Waals surface area contributed by atoms with Gasteiger partial charge in [-0.3, -0.25) is 0 Å². The van der Waals surface area contributed by atoms with Crippen molar-refractivity contribution in [1.82, 2.24) is 4.90 Å². The Balaban J connectivity index is 1.95. The second kappa shape index (κ2) is 6.19. The predicted octanol–water partition coefficient (Wildman–Crippen LogP) is 3.79. The van der Waals surface area contributed by atoms with Gasteiger partial charge in [0, 0.05) is 31.5 Å². The Morgan fingerprint density at radius 2 is 1.78 bits per heavy atom. The average Bonchev–Trinajstić information content (AvgIpc) is 2.40. The molecule has 0 aromatic rings. The number of piperidine rings is 1. The molecule has 134 valence electrons. The van der Waals surface area contributed by atoms with Gasteiger partial charge in [0.25, 0.3) is 0 Å². The Hall–Kier alpha value is -0.910. The molecule has 6 heteroatoms. The summed E-state index contributed by atoms with van der Waals surface area (Å²) < 4.78 is 32.2. The topological polar surface area (TPSA) is 55.6 Å². The summed E-state index contributed by atoms with van der Waals surface area (Å²) >= 11 is 0. The number of halogens is 2. The van der Waals surface area contributed by atoms with E-state index in [1.165, 1.54) is 0 Å². The van der Waals surface area contributed by atoms with E-state index < -0.39 is 17.1 Å². The van der Waals surface area contributed by atoms with Crippen molar-refractivity contribution in [2.75, 3.05) is 13.1 Å². The van der Waals surface area contributed by atoms with E-state index >= 15 is 0 Å². The molecular weight excluding hydrogens is 302 g/mol. The monoisotopic (exact) mass is 332 g/mol. The molecule has 2 N–H and O–H groups in total. The quantitative estimate of drug-likeness (QED) is 0.795. The molecule has 1 aliphatic carbocycles. The van der Waals surface area contributed by atoms with Crippen LogP contribution in [0.4, 0.5) is 13.6 Å². The predicted molar refractivity (Wildman–Crippen MR) is 85.4 cm³/mol. The molecule has 1 saturated carbocycles. The number of rotatable bonds is 1. The highest BCUT2D eigenvalue weighted by Gasteiger charge is 2.48. The maximum atomic E-state index is 13.4. The number of nitrogens with zero attached hydrogens (tertiary/aromatic N) is 1. The molecule has 2 rings (SSSR count).